The lowest BCUT2D eigenvalue weighted by Crippen LogP contribution is -2.33. The maximum atomic E-state index is 5.40. The van der Waals surface area contributed by atoms with Crippen LogP contribution in [0.25, 0.3) is 0 Å². The van der Waals surface area contributed by atoms with Gasteiger partial charge >= 0.3 is 6.01 Å². The molecule has 1 saturated carbocycles. The second-order valence-electron chi connectivity index (χ2n) is 4.91. The van der Waals surface area contributed by atoms with Crippen molar-refractivity contribution in [2.75, 3.05) is 30.4 Å². The summed E-state index contributed by atoms with van der Waals surface area (Å²) in [6.07, 6.45) is 3.89. The first kappa shape index (κ1) is 11.5. The van der Waals surface area contributed by atoms with Crippen molar-refractivity contribution in [1.82, 2.24) is 15.0 Å². The lowest BCUT2D eigenvalue weighted by Gasteiger charge is -2.27. The molecule has 3 rings (SSSR count). The maximum Gasteiger partial charge on any atom is 0.323 e. The summed E-state index contributed by atoms with van der Waals surface area (Å²) in [4.78, 5) is 15.4. The molecular weight excluding hydrogens is 230 g/mol. The van der Waals surface area contributed by atoms with Crippen LogP contribution in [0.1, 0.15) is 26.2 Å². The number of ether oxygens (including phenoxy) is 1. The van der Waals surface area contributed by atoms with Crippen molar-refractivity contribution in [1.29, 1.82) is 0 Å². The fourth-order valence-electron chi connectivity index (χ4n) is 2.95. The number of anilines is 2. The van der Waals surface area contributed by atoms with Crippen LogP contribution in [0.15, 0.2) is 0 Å². The van der Waals surface area contributed by atoms with Crippen LogP contribution in [-0.4, -0.2) is 41.2 Å². The second kappa shape index (κ2) is 4.59. The van der Waals surface area contributed by atoms with E-state index in [0.717, 1.165) is 18.4 Å². The van der Waals surface area contributed by atoms with Gasteiger partial charge in [0.15, 0.2) is 0 Å². The molecule has 2 atom stereocenters. The summed E-state index contributed by atoms with van der Waals surface area (Å²) in [5.74, 6) is 2.15. The van der Waals surface area contributed by atoms with Crippen molar-refractivity contribution in [3.05, 3.63) is 0 Å². The smallest absolute Gasteiger partial charge is 0.323 e. The number of hydrogen-bond acceptors (Lipinski definition) is 6. The SMILES string of the molecule is CCOc1nc(NC)nc(N2CC3CCC2C3)n1. The van der Waals surface area contributed by atoms with Crippen LogP contribution >= 0.6 is 0 Å². The molecule has 0 spiro atoms. The average molecular weight is 249 g/mol. The zero-order valence-electron chi connectivity index (χ0n) is 10.9. The number of rotatable bonds is 4. The number of hydrogen-bond donors (Lipinski definition) is 1. The molecule has 2 aliphatic rings. The average Bonchev–Trinajstić information content (AvgIpc) is 3.01. The summed E-state index contributed by atoms with van der Waals surface area (Å²) < 4.78 is 5.40. The van der Waals surface area contributed by atoms with Gasteiger partial charge in [0.05, 0.1) is 6.61 Å². The molecule has 2 heterocycles. The summed E-state index contributed by atoms with van der Waals surface area (Å²) in [6.45, 7) is 3.57. The zero-order valence-corrected chi connectivity index (χ0v) is 10.9. The molecule has 18 heavy (non-hydrogen) atoms. The molecular formula is C12H19N5O. The van der Waals surface area contributed by atoms with Gasteiger partial charge in [-0.05, 0) is 32.1 Å². The molecule has 6 nitrogen and oxygen atoms in total. The first-order valence-electron chi connectivity index (χ1n) is 6.63. The van der Waals surface area contributed by atoms with E-state index in [1.165, 1.54) is 19.3 Å². The number of nitrogens with one attached hydrogen (secondary N) is 1. The molecule has 98 valence electrons. The molecule has 1 N–H and O–H groups in total. The summed E-state index contributed by atoms with van der Waals surface area (Å²) in [5.41, 5.74) is 0. The van der Waals surface area contributed by atoms with Gasteiger partial charge in [-0.2, -0.15) is 15.0 Å². The summed E-state index contributed by atoms with van der Waals surface area (Å²) in [5, 5.41) is 2.96. The van der Waals surface area contributed by atoms with E-state index in [4.69, 9.17) is 4.74 Å². The zero-order chi connectivity index (χ0) is 12.5. The van der Waals surface area contributed by atoms with Crippen molar-refractivity contribution < 1.29 is 4.74 Å². The number of nitrogens with zero attached hydrogens (tertiary/aromatic N) is 4. The van der Waals surface area contributed by atoms with Gasteiger partial charge in [0.2, 0.25) is 11.9 Å². The highest BCUT2D eigenvalue weighted by Gasteiger charge is 2.39. The molecule has 0 amide bonds. The molecule has 2 fully saturated rings. The van der Waals surface area contributed by atoms with Crippen LogP contribution in [0, 0.1) is 5.92 Å². The Morgan fingerprint density at radius 3 is 2.83 bits per heavy atom. The largest absolute Gasteiger partial charge is 0.464 e. The van der Waals surface area contributed by atoms with Gasteiger partial charge < -0.3 is 15.0 Å². The minimum absolute atomic E-state index is 0.412. The Bertz CT molecular complexity index is 438. The van der Waals surface area contributed by atoms with Gasteiger partial charge in [-0.15, -0.1) is 0 Å². The van der Waals surface area contributed by atoms with Crippen molar-refractivity contribution in [2.24, 2.45) is 5.92 Å². The predicted octanol–water partition coefficient (Wildman–Crippen LogP) is 1.30. The van der Waals surface area contributed by atoms with Crippen LogP contribution in [0.5, 0.6) is 6.01 Å². The third kappa shape index (κ3) is 1.95. The summed E-state index contributed by atoms with van der Waals surface area (Å²) >= 11 is 0. The molecule has 1 aliphatic carbocycles. The minimum atomic E-state index is 0.412. The van der Waals surface area contributed by atoms with Crippen molar-refractivity contribution in [3.63, 3.8) is 0 Å². The lowest BCUT2D eigenvalue weighted by atomic mass is 10.1. The highest BCUT2D eigenvalue weighted by atomic mass is 16.5. The van der Waals surface area contributed by atoms with Crippen LogP contribution < -0.4 is 15.0 Å². The topological polar surface area (TPSA) is 63.2 Å². The third-order valence-corrected chi connectivity index (χ3v) is 3.77. The van der Waals surface area contributed by atoms with E-state index in [1.54, 1.807) is 0 Å². The van der Waals surface area contributed by atoms with E-state index in [9.17, 15) is 0 Å². The molecule has 1 saturated heterocycles. The van der Waals surface area contributed by atoms with Gasteiger partial charge in [-0.1, -0.05) is 0 Å². The van der Waals surface area contributed by atoms with E-state index in [2.05, 4.69) is 25.2 Å². The van der Waals surface area contributed by atoms with Crippen LogP contribution in [-0.2, 0) is 0 Å². The van der Waals surface area contributed by atoms with E-state index in [1.807, 2.05) is 14.0 Å². The number of fused-ring (bicyclic) bond motifs is 2. The van der Waals surface area contributed by atoms with Gasteiger partial charge in [-0.3, -0.25) is 0 Å². The quantitative estimate of drug-likeness (QED) is 0.867. The lowest BCUT2D eigenvalue weighted by molar-refractivity contribution is 0.311. The Hall–Kier alpha value is -1.59. The van der Waals surface area contributed by atoms with Crippen LogP contribution in [0.4, 0.5) is 11.9 Å². The van der Waals surface area contributed by atoms with E-state index >= 15 is 0 Å². The molecule has 2 bridgehead atoms. The molecule has 1 aromatic heterocycles. The molecule has 0 radical (unpaired) electrons. The Kier molecular flexibility index (Phi) is 2.93. The van der Waals surface area contributed by atoms with Crippen LogP contribution in [0.2, 0.25) is 0 Å². The molecule has 6 heteroatoms. The Morgan fingerprint density at radius 2 is 2.22 bits per heavy atom. The van der Waals surface area contributed by atoms with Crippen LogP contribution in [0.3, 0.4) is 0 Å². The van der Waals surface area contributed by atoms with Gasteiger partial charge in [0, 0.05) is 19.6 Å². The standard InChI is InChI=1S/C12H19N5O/c1-3-18-12-15-10(13-2)14-11(16-12)17-7-8-4-5-9(17)6-8/h8-9H,3-7H2,1-2H3,(H,13,14,15,16). The van der Waals surface area contributed by atoms with E-state index < -0.39 is 0 Å². The first-order valence-corrected chi connectivity index (χ1v) is 6.63. The Morgan fingerprint density at radius 1 is 1.33 bits per heavy atom. The Balaban J connectivity index is 1.88. The van der Waals surface area contributed by atoms with Gasteiger partial charge in [-0.25, -0.2) is 0 Å². The second-order valence-corrected chi connectivity index (χ2v) is 4.91. The van der Waals surface area contributed by atoms with Crippen molar-refractivity contribution in [3.8, 4) is 6.01 Å². The van der Waals surface area contributed by atoms with Gasteiger partial charge in [0.1, 0.15) is 0 Å². The molecule has 0 aromatic carbocycles. The fraction of sp³-hybridized carbons (Fsp3) is 0.750. The monoisotopic (exact) mass is 249 g/mol. The summed E-state index contributed by atoms with van der Waals surface area (Å²) in [7, 11) is 1.81. The number of aromatic nitrogens is 3. The third-order valence-electron chi connectivity index (χ3n) is 3.77. The number of piperidine rings is 1. The van der Waals surface area contributed by atoms with Crippen molar-refractivity contribution in [2.45, 2.75) is 32.2 Å². The Labute approximate surface area is 107 Å². The highest BCUT2D eigenvalue weighted by Crippen LogP contribution is 2.39. The van der Waals surface area contributed by atoms with E-state index in [0.29, 0.717) is 24.6 Å². The van der Waals surface area contributed by atoms with E-state index in [-0.39, 0.29) is 0 Å². The summed E-state index contributed by atoms with van der Waals surface area (Å²) in [6, 6.07) is 1.02. The maximum absolute atomic E-state index is 5.40. The highest BCUT2D eigenvalue weighted by molar-refractivity contribution is 5.41. The first-order chi connectivity index (χ1) is 8.80. The minimum Gasteiger partial charge on any atom is -0.464 e. The van der Waals surface area contributed by atoms with Crippen molar-refractivity contribution >= 4 is 11.9 Å². The molecule has 2 unspecified atom stereocenters. The van der Waals surface area contributed by atoms with Gasteiger partial charge in [0.25, 0.3) is 0 Å². The predicted molar refractivity (Wildman–Crippen MR) is 69.0 cm³/mol. The molecule has 1 aromatic rings. The fourth-order valence-corrected chi connectivity index (χ4v) is 2.95. The molecule has 1 aliphatic heterocycles. The normalized spacial score (nSPS) is 25.6.